The number of rotatable bonds is 10. The summed E-state index contributed by atoms with van der Waals surface area (Å²) in [5, 5.41) is 8.46. The Morgan fingerprint density at radius 2 is 1.77 bits per heavy atom. The highest BCUT2D eigenvalue weighted by molar-refractivity contribution is 9.10. The molecule has 1 aromatic carbocycles. The Kier molecular flexibility index (Phi) is 10.2. The molecule has 4 rings (SSSR count). The lowest BCUT2D eigenvalue weighted by molar-refractivity contribution is -0.148. The van der Waals surface area contributed by atoms with E-state index >= 15 is 0 Å². The van der Waals surface area contributed by atoms with Crippen LogP contribution in [-0.4, -0.2) is 80.6 Å². The standard InChI is InChI=1S/C30H41BrN4O8S/c1-6-18-16-30(18,27(38)42-5)34-25(36)23-15-21(43-44(40,41)22-13-11-19(31)12-14-22)17-35(23)26(37)24(29(2,3)4)33-28(39)32-20-9-7-8-10-20/h6,11-14,18,20-21,23-24H,1,7-10,15-17H2,2-5H3,(H,34,36)(H2,32,33,39)/t18-,21+,23+,24-,30-/m1/s1. The summed E-state index contributed by atoms with van der Waals surface area (Å²) in [6.07, 6.45) is 4.34. The number of carbonyl (C=O) groups excluding carboxylic acids is 4. The number of benzene rings is 1. The number of nitrogens with zero attached hydrogens (tertiary/aromatic N) is 1. The fourth-order valence-corrected chi connectivity index (χ4v) is 7.27. The van der Waals surface area contributed by atoms with E-state index in [2.05, 4.69) is 38.5 Å². The molecule has 4 amide bonds. The largest absolute Gasteiger partial charge is 0.467 e. The van der Waals surface area contributed by atoms with E-state index in [-0.39, 0.29) is 36.2 Å². The van der Waals surface area contributed by atoms with Gasteiger partial charge in [-0.05, 0) is 48.9 Å². The predicted molar refractivity (Wildman–Crippen MR) is 165 cm³/mol. The first-order chi connectivity index (χ1) is 20.6. The highest BCUT2D eigenvalue weighted by atomic mass is 79.9. The molecule has 0 bridgehead atoms. The van der Waals surface area contributed by atoms with E-state index in [0.29, 0.717) is 4.47 Å². The molecule has 12 nitrogen and oxygen atoms in total. The molecule has 3 aliphatic rings. The highest BCUT2D eigenvalue weighted by Gasteiger charge is 2.62. The Morgan fingerprint density at radius 3 is 2.32 bits per heavy atom. The first-order valence-electron chi connectivity index (χ1n) is 14.7. The van der Waals surface area contributed by atoms with Gasteiger partial charge >= 0.3 is 12.0 Å². The van der Waals surface area contributed by atoms with Crippen molar-refractivity contribution in [3.63, 3.8) is 0 Å². The summed E-state index contributed by atoms with van der Waals surface area (Å²) in [5.41, 5.74) is -2.10. The van der Waals surface area contributed by atoms with Crippen LogP contribution in [0.5, 0.6) is 0 Å². The van der Waals surface area contributed by atoms with Gasteiger partial charge in [-0.25, -0.2) is 9.59 Å². The molecule has 2 aliphatic carbocycles. The minimum absolute atomic E-state index is 0.0171. The molecule has 0 spiro atoms. The quantitative estimate of drug-likeness (QED) is 0.191. The number of carbonyl (C=O) groups is 4. The van der Waals surface area contributed by atoms with Crippen LogP contribution in [0.3, 0.4) is 0 Å². The van der Waals surface area contributed by atoms with Gasteiger partial charge in [0.1, 0.15) is 17.6 Å². The van der Waals surface area contributed by atoms with Gasteiger partial charge in [0.15, 0.2) is 0 Å². The van der Waals surface area contributed by atoms with E-state index in [9.17, 15) is 27.6 Å². The third-order valence-corrected chi connectivity index (χ3v) is 10.4. The molecule has 14 heteroatoms. The maximum absolute atomic E-state index is 14.2. The van der Waals surface area contributed by atoms with Crippen LogP contribution in [0.1, 0.15) is 59.3 Å². The van der Waals surface area contributed by atoms with E-state index < -0.39 is 63.1 Å². The topological polar surface area (TPSA) is 160 Å². The van der Waals surface area contributed by atoms with Gasteiger partial charge in [-0.3, -0.25) is 13.8 Å². The average molecular weight is 698 g/mol. The second-order valence-corrected chi connectivity index (χ2v) is 15.3. The van der Waals surface area contributed by atoms with Crippen LogP contribution in [0.25, 0.3) is 0 Å². The van der Waals surface area contributed by atoms with Gasteiger partial charge in [-0.2, -0.15) is 8.42 Å². The molecule has 1 aromatic rings. The second-order valence-electron chi connectivity index (χ2n) is 12.8. The zero-order chi connectivity index (χ0) is 32.4. The molecule has 2 saturated carbocycles. The summed E-state index contributed by atoms with van der Waals surface area (Å²) in [7, 11) is -3.03. The van der Waals surface area contributed by atoms with Crippen molar-refractivity contribution in [3.05, 3.63) is 41.4 Å². The lowest BCUT2D eigenvalue weighted by Crippen LogP contribution is -2.60. The zero-order valence-corrected chi connectivity index (χ0v) is 27.8. The van der Waals surface area contributed by atoms with Crippen molar-refractivity contribution in [2.45, 2.75) is 94.0 Å². The minimum atomic E-state index is -4.25. The molecular formula is C30H41BrN4O8S. The van der Waals surface area contributed by atoms with Gasteiger partial charge in [0.2, 0.25) is 11.8 Å². The van der Waals surface area contributed by atoms with Crippen LogP contribution in [0, 0.1) is 11.3 Å². The Hall–Kier alpha value is -2.97. The number of hydrogen-bond acceptors (Lipinski definition) is 8. The highest BCUT2D eigenvalue weighted by Crippen LogP contribution is 2.45. The van der Waals surface area contributed by atoms with Gasteiger partial charge in [0.25, 0.3) is 10.1 Å². The van der Waals surface area contributed by atoms with E-state index in [1.165, 1.54) is 24.1 Å². The fourth-order valence-electron chi connectivity index (χ4n) is 5.93. The number of nitrogens with one attached hydrogen (secondary N) is 3. The molecular weight excluding hydrogens is 656 g/mol. The van der Waals surface area contributed by atoms with Crippen molar-refractivity contribution in [1.29, 1.82) is 0 Å². The molecule has 44 heavy (non-hydrogen) atoms. The first-order valence-corrected chi connectivity index (χ1v) is 16.9. The SMILES string of the molecule is C=C[C@@H]1C[C@]1(NC(=O)[C@@H]1C[C@H](OS(=O)(=O)c2ccc(Br)cc2)CN1C(=O)[C@@H](NC(=O)NC1CCCC1)C(C)(C)C)C(=O)OC. The molecule has 3 N–H and O–H groups in total. The third kappa shape index (κ3) is 7.45. The Balaban J connectivity index is 1.60. The van der Waals surface area contributed by atoms with Crippen molar-refractivity contribution < 1.29 is 36.5 Å². The third-order valence-electron chi connectivity index (χ3n) is 8.49. The van der Waals surface area contributed by atoms with Gasteiger partial charge < -0.3 is 25.6 Å². The smallest absolute Gasteiger partial charge is 0.332 e. The summed E-state index contributed by atoms with van der Waals surface area (Å²) < 4.78 is 37.4. The maximum atomic E-state index is 14.2. The van der Waals surface area contributed by atoms with Gasteiger partial charge in [0.05, 0.1) is 18.1 Å². The summed E-state index contributed by atoms with van der Waals surface area (Å²) in [5.74, 6) is -2.24. The fraction of sp³-hybridized carbons (Fsp3) is 0.600. The summed E-state index contributed by atoms with van der Waals surface area (Å²) in [4.78, 5) is 54.7. The lowest BCUT2D eigenvalue weighted by atomic mass is 9.85. The second kappa shape index (κ2) is 13.2. The van der Waals surface area contributed by atoms with Crippen molar-refractivity contribution in [1.82, 2.24) is 20.9 Å². The number of hydrogen-bond donors (Lipinski definition) is 3. The summed E-state index contributed by atoms with van der Waals surface area (Å²) in [6, 6.07) is 3.16. The molecule has 0 unspecified atom stereocenters. The van der Waals surface area contributed by atoms with Crippen LogP contribution in [0.4, 0.5) is 4.79 Å². The van der Waals surface area contributed by atoms with E-state index in [1.54, 1.807) is 39.0 Å². The number of halogens is 1. The maximum Gasteiger partial charge on any atom is 0.332 e. The molecule has 0 aromatic heterocycles. The van der Waals surface area contributed by atoms with E-state index in [0.717, 1.165) is 25.7 Å². The van der Waals surface area contributed by atoms with Gasteiger partial charge in [-0.15, -0.1) is 6.58 Å². The number of esters is 1. The minimum Gasteiger partial charge on any atom is -0.467 e. The monoisotopic (exact) mass is 696 g/mol. The number of urea groups is 1. The first kappa shape index (κ1) is 33.9. The summed E-state index contributed by atoms with van der Waals surface area (Å²) >= 11 is 3.27. The normalized spacial score (nSPS) is 26.0. The Morgan fingerprint density at radius 1 is 1.14 bits per heavy atom. The van der Waals surface area contributed by atoms with E-state index in [4.69, 9.17) is 8.92 Å². The lowest BCUT2D eigenvalue weighted by Gasteiger charge is -2.35. The van der Waals surface area contributed by atoms with Crippen LogP contribution in [0.2, 0.25) is 0 Å². The Bertz CT molecular complexity index is 1390. The van der Waals surface area contributed by atoms with Gasteiger partial charge in [-0.1, -0.05) is 55.6 Å². The number of methoxy groups -OCH3 is 1. The number of ether oxygens (including phenoxy) is 1. The van der Waals surface area contributed by atoms with Crippen molar-refractivity contribution >= 4 is 49.9 Å². The Labute approximate surface area is 266 Å². The molecule has 1 aliphatic heterocycles. The zero-order valence-electron chi connectivity index (χ0n) is 25.4. The summed E-state index contributed by atoms with van der Waals surface area (Å²) in [6.45, 7) is 8.85. The predicted octanol–water partition coefficient (Wildman–Crippen LogP) is 3.01. The van der Waals surface area contributed by atoms with Crippen molar-refractivity contribution in [2.24, 2.45) is 11.3 Å². The molecule has 1 heterocycles. The number of amides is 4. The van der Waals surface area contributed by atoms with Gasteiger partial charge in [0, 0.05) is 29.4 Å². The van der Waals surface area contributed by atoms with Crippen LogP contribution < -0.4 is 16.0 Å². The van der Waals surface area contributed by atoms with Crippen LogP contribution in [-0.2, 0) is 33.4 Å². The van der Waals surface area contributed by atoms with E-state index in [1.807, 2.05) is 0 Å². The van der Waals surface area contributed by atoms with Crippen LogP contribution >= 0.6 is 15.9 Å². The molecule has 3 fully saturated rings. The number of likely N-dealkylation sites (tertiary alicyclic amines) is 1. The molecule has 0 radical (unpaired) electrons. The molecule has 1 saturated heterocycles. The van der Waals surface area contributed by atoms with Crippen molar-refractivity contribution in [2.75, 3.05) is 13.7 Å². The van der Waals surface area contributed by atoms with Crippen LogP contribution in [0.15, 0.2) is 46.3 Å². The van der Waals surface area contributed by atoms with Crippen molar-refractivity contribution in [3.8, 4) is 0 Å². The molecule has 242 valence electrons. The molecule has 5 atom stereocenters. The average Bonchev–Trinajstić information content (AvgIpc) is 3.24.